The average molecular weight is 300 g/mol. The van der Waals surface area contributed by atoms with E-state index in [4.69, 9.17) is 5.26 Å². The lowest BCUT2D eigenvalue weighted by atomic mass is 9.94. The van der Waals surface area contributed by atoms with Crippen molar-refractivity contribution in [2.75, 3.05) is 26.7 Å². The van der Waals surface area contributed by atoms with E-state index in [1.807, 2.05) is 17.2 Å². The minimum Gasteiger partial charge on any atom is -0.341 e. The molecule has 1 fully saturated rings. The fraction of sp³-hybridized carbons (Fsp3) is 0.588. The van der Waals surface area contributed by atoms with Crippen LogP contribution in [0.1, 0.15) is 25.8 Å². The summed E-state index contributed by atoms with van der Waals surface area (Å²) < 4.78 is 0. The Morgan fingerprint density at radius 2 is 2.36 bits per heavy atom. The number of hydrogen-bond acceptors (Lipinski definition) is 4. The second-order valence-electron chi connectivity index (χ2n) is 6.70. The molecule has 1 aliphatic heterocycles. The molecule has 1 amide bonds. The number of hydrogen-bond donors (Lipinski definition) is 0. The highest BCUT2D eigenvalue weighted by Crippen LogP contribution is 2.24. The minimum absolute atomic E-state index is 0.0487. The molecule has 1 aliphatic rings. The van der Waals surface area contributed by atoms with Gasteiger partial charge in [-0.25, -0.2) is 0 Å². The first-order valence-corrected chi connectivity index (χ1v) is 7.70. The van der Waals surface area contributed by atoms with Crippen molar-refractivity contribution in [2.45, 2.75) is 26.8 Å². The number of rotatable bonds is 5. The third-order valence-electron chi connectivity index (χ3n) is 4.13. The third kappa shape index (κ3) is 4.05. The van der Waals surface area contributed by atoms with Crippen molar-refractivity contribution >= 4 is 5.91 Å². The van der Waals surface area contributed by atoms with Crippen LogP contribution in [0.15, 0.2) is 24.5 Å². The van der Waals surface area contributed by atoms with Crippen LogP contribution in [0, 0.1) is 22.7 Å². The van der Waals surface area contributed by atoms with Gasteiger partial charge in [-0.2, -0.15) is 5.26 Å². The Morgan fingerprint density at radius 1 is 1.59 bits per heavy atom. The van der Waals surface area contributed by atoms with Gasteiger partial charge in [-0.1, -0.05) is 6.07 Å². The van der Waals surface area contributed by atoms with Gasteiger partial charge in [0.05, 0.1) is 6.07 Å². The van der Waals surface area contributed by atoms with E-state index in [0.29, 0.717) is 5.92 Å². The molecule has 0 aliphatic carbocycles. The quantitative estimate of drug-likeness (QED) is 0.833. The molecule has 1 atom stereocenters. The summed E-state index contributed by atoms with van der Waals surface area (Å²) in [5, 5.41) is 9.09. The number of aromatic nitrogens is 1. The lowest BCUT2D eigenvalue weighted by Crippen LogP contribution is -2.39. The zero-order valence-electron chi connectivity index (χ0n) is 13.6. The molecular formula is C17H24N4O. The maximum atomic E-state index is 12.3. The topological polar surface area (TPSA) is 60.2 Å². The summed E-state index contributed by atoms with van der Waals surface area (Å²) >= 11 is 0. The molecular weight excluding hydrogens is 276 g/mol. The van der Waals surface area contributed by atoms with E-state index in [1.54, 1.807) is 20.0 Å². The number of nitriles is 1. The van der Waals surface area contributed by atoms with Gasteiger partial charge in [-0.15, -0.1) is 0 Å². The first-order chi connectivity index (χ1) is 10.4. The minimum atomic E-state index is -0.920. The summed E-state index contributed by atoms with van der Waals surface area (Å²) in [5.74, 6) is 0.424. The van der Waals surface area contributed by atoms with E-state index in [9.17, 15) is 4.79 Å². The summed E-state index contributed by atoms with van der Waals surface area (Å²) in [7, 11) is 2.09. The normalized spacial score (nSPS) is 18.5. The van der Waals surface area contributed by atoms with Crippen molar-refractivity contribution in [2.24, 2.45) is 11.3 Å². The van der Waals surface area contributed by atoms with E-state index >= 15 is 0 Å². The first kappa shape index (κ1) is 16.4. The van der Waals surface area contributed by atoms with Gasteiger partial charge in [0.15, 0.2) is 0 Å². The number of carbonyl (C=O) groups excluding carboxylic acids is 1. The second-order valence-corrected chi connectivity index (χ2v) is 6.70. The molecule has 5 heteroatoms. The van der Waals surface area contributed by atoms with E-state index in [2.05, 4.69) is 29.1 Å². The third-order valence-corrected chi connectivity index (χ3v) is 4.13. The van der Waals surface area contributed by atoms with Crippen molar-refractivity contribution in [3.63, 3.8) is 0 Å². The summed E-state index contributed by atoms with van der Waals surface area (Å²) in [4.78, 5) is 20.5. The van der Waals surface area contributed by atoms with Crippen LogP contribution in [-0.2, 0) is 11.3 Å². The van der Waals surface area contributed by atoms with Crippen LogP contribution in [0.2, 0.25) is 0 Å². The van der Waals surface area contributed by atoms with Crippen LogP contribution in [0.5, 0.6) is 0 Å². The van der Waals surface area contributed by atoms with Crippen molar-refractivity contribution in [1.82, 2.24) is 14.8 Å². The highest BCUT2D eigenvalue weighted by atomic mass is 16.2. The Hall–Kier alpha value is -1.93. The Kier molecular flexibility index (Phi) is 5.15. The van der Waals surface area contributed by atoms with Crippen LogP contribution >= 0.6 is 0 Å². The van der Waals surface area contributed by atoms with Crippen molar-refractivity contribution in [3.8, 4) is 6.07 Å². The SMILES string of the molecule is CN(Cc1cccnc1)C[C@@H]1CCN(C(=O)C(C)(C)C#N)C1. The highest BCUT2D eigenvalue weighted by molar-refractivity contribution is 5.84. The van der Waals surface area contributed by atoms with Crippen molar-refractivity contribution < 1.29 is 4.79 Å². The molecule has 0 spiro atoms. The van der Waals surface area contributed by atoms with Gasteiger partial charge in [0.1, 0.15) is 5.41 Å². The van der Waals surface area contributed by atoms with Crippen molar-refractivity contribution in [3.05, 3.63) is 30.1 Å². The Balaban J connectivity index is 1.84. The standard InChI is InChI=1S/C17H24N4O/c1-17(2,13-18)16(22)21-8-6-15(12-21)11-20(3)10-14-5-4-7-19-9-14/h4-5,7,9,15H,6,8,10-12H2,1-3H3/t15-/m0/s1. The van der Waals surface area contributed by atoms with Crippen LogP contribution in [0.3, 0.4) is 0 Å². The van der Waals surface area contributed by atoms with Crippen LogP contribution < -0.4 is 0 Å². The first-order valence-electron chi connectivity index (χ1n) is 7.70. The second kappa shape index (κ2) is 6.89. The number of carbonyl (C=O) groups is 1. The summed E-state index contributed by atoms with van der Waals surface area (Å²) in [5.41, 5.74) is 0.276. The lowest BCUT2D eigenvalue weighted by Gasteiger charge is -2.25. The number of amides is 1. The van der Waals surface area contributed by atoms with Crippen LogP contribution in [-0.4, -0.2) is 47.4 Å². The molecule has 5 nitrogen and oxygen atoms in total. The molecule has 0 aromatic carbocycles. The number of pyridine rings is 1. The summed E-state index contributed by atoms with van der Waals surface area (Å²) in [6.45, 7) is 6.71. The van der Waals surface area contributed by atoms with Gasteiger partial charge in [0.25, 0.3) is 0 Å². The van der Waals surface area contributed by atoms with Gasteiger partial charge in [-0.05, 0) is 44.9 Å². The fourth-order valence-electron chi connectivity index (χ4n) is 2.92. The van der Waals surface area contributed by atoms with Crippen molar-refractivity contribution in [1.29, 1.82) is 5.26 Å². The fourth-order valence-corrected chi connectivity index (χ4v) is 2.92. The molecule has 1 aromatic rings. The molecule has 22 heavy (non-hydrogen) atoms. The zero-order chi connectivity index (χ0) is 16.2. The molecule has 1 saturated heterocycles. The Labute approximate surface area is 132 Å². The van der Waals surface area contributed by atoms with E-state index in [1.165, 1.54) is 5.56 Å². The van der Waals surface area contributed by atoms with Gasteiger partial charge in [0, 0.05) is 38.6 Å². The van der Waals surface area contributed by atoms with E-state index in [-0.39, 0.29) is 5.91 Å². The summed E-state index contributed by atoms with van der Waals surface area (Å²) in [6.07, 6.45) is 4.67. The molecule has 1 aromatic heterocycles. The average Bonchev–Trinajstić information content (AvgIpc) is 2.95. The molecule has 2 rings (SSSR count). The van der Waals surface area contributed by atoms with Crippen LogP contribution in [0.4, 0.5) is 0 Å². The molecule has 0 saturated carbocycles. The number of likely N-dealkylation sites (tertiary alicyclic amines) is 1. The molecule has 0 N–H and O–H groups in total. The molecule has 0 unspecified atom stereocenters. The maximum absolute atomic E-state index is 12.3. The largest absolute Gasteiger partial charge is 0.341 e. The monoisotopic (exact) mass is 300 g/mol. The molecule has 0 bridgehead atoms. The number of nitrogens with zero attached hydrogens (tertiary/aromatic N) is 4. The van der Waals surface area contributed by atoms with Gasteiger partial charge in [-0.3, -0.25) is 9.78 Å². The van der Waals surface area contributed by atoms with Gasteiger partial charge < -0.3 is 9.80 Å². The smallest absolute Gasteiger partial charge is 0.242 e. The maximum Gasteiger partial charge on any atom is 0.242 e. The highest BCUT2D eigenvalue weighted by Gasteiger charge is 2.36. The van der Waals surface area contributed by atoms with E-state index < -0.39 is 5.41 Å². The molecule has 118 valence electrons. The molecule has 0 radical (unpaired) electrons. The lowest BCUT2D eigenvalue weighted by molar-refractivity contribution is -0.136. The van der Waals surface area contributed by atoms with Crippen LogP contribution in [0.25, 0.3) is 0 Å². The van der Waals surface area contributed by atoms with Gasteiger partial charge >= 0.3 is 0 Å². The molecule has 2 heterocycles. The Morgan fingerprint density at radius 3 is 3.00 bits per heavy atom. The van der Waals surface area contributed by atoms with E-state index in [0.717, 1.165) is 32.6 Å². The summed E-state index contributed by atoms with van der Waals surface area (Å²) in [6, 6.07) is 6.12. The predicted octanol–water partition coefficient (Wildman–Crippen LogP) is 1.91. The zero-order valence-corrected chi connectivity index (χ0v) is 13.6. The van der Waals surface area contributed by atoms with Gasteiger partial charge in [0.2, 0.25) is 5.91 Å². The predicted molar refractivity (Wildman–Crippen MR) is 84.7 cm³/mol. The Bertz CT molecular complexity index is 550.